The third-order valence-corrected chi connectivity index (χ3v) is 1.49. The van der Waals surface area contributed by atoms with Crippen LogP contribution in [0, 0.1) is 10.1 Å². The van der Waals surface area contributed by atoms with E-state index in [4.69, 9.17) is 7.85 Å². The molecule has 0 aromatic heterocycles. The van der Waals surface area contributed by atoms with E-state index in [2.05, 4.69) is 5.32 Å². The van der Waals surface area contributed by atoms with Gasteiger partial charge in [0.15, 0.2) is 0 Å². The van der Waals surface area contributed by atoms with Crippen LogP contribution in [0.3, 0.4) is 0 Å². The van der Waals surface area contributed by atoms with E-state index in [1.807, 2.05) is 0 Å². The normalized spacial score (nSPS) is 9.42. The molecule has 0 spiro atoms. The average molecular weight is 162 g/mol. The fraction of sp³-hybridized carbons (Fsp3) is 0.143. The Morgan fingerprint density at radius 1 is 1.58 bits per heavy atom. The topological polar surface area (TPSA) is 55.2 Å². The van der Waals surface area contributed by atoms with Crippen LogP contribution in [-0.4, -0.2) is 19.8 Å². The summed E-state index contributed by atoms with van der Waals surface area (Å²) in [6.07, 6.45) is 0. The number of rotatable bonds is 2. The molecule has 0 fully saturated rings. The van der Waals surface area contributed by atoms with Gasteiger partial charge in [0.05, 0.1) is 4.92 Å². The van der Waals surface area contributed by atoms with Crippen molar-refractivity contribution in [2.45, 2.75) is 0 Å². The number of nitro groups is 1. The van der Waals surface area contributed by atoms with Gasteiger partial charge in [-0.15, -0.1) is 0 Å². The van der Waals surface area contributed by atoms with Gasteiger partial charge in [-0.05, 0) is 6.07 Å². The monoisotopic (exact) mass is 162 g/mol. The van der Waals surface area contributed by atoms with E-state index in [9.17, 15) is 10.1 Å². The molecule has 1 rings (SSSR count). The summed E-state index contributed by atoms with van der Waals surface area (Å²) in [7, 11) is 7.01. The van der Waals surface area contributed by atoms with Crippen molar-refractivity contribution in [3.8, 4) is 0 Å². The molecule has 0 aliphatic heterocycles. The lowest BCUT2D eigenvalue weighted by Crippen LogP contribution is -2.05. The van der Waals surface area contributed by atoms with Gasteiger partial charge in [0.1, 0.15) is 13.5 Å². The number of nitrogens with zero attached hydrogens (tertiary/aromatic N) is 1. The van der Waals surface area contributed by atoms with Crippen molar-refractivity contribution in [2.24, 2.45) is 0 Å². The van der Waals surface area contributed by atoms with E-state index in [0.29, 0.717) is 11.2 Å². The molecule has 60 valence electrons. The first-order valence-corrected chi connectivity index (χ1v) is 3.37. The highest BCUT2D eigenvalue weighted by Crippen LogP contribution is 2.20. The van der Waals surface area contributed by atoms with E-state index >= 15 is 0 Å². The third-order valence-electron chi connectivity index (χ3n) is 1.49. The van der Waals surface area contributed by atoms with Crippen molar-refractivity contribution in [1.29, 1.82) is 0 Å². The molecule has 0 saturated heterocycles. The molecule has 0 aliphatic carbocycles. The van der Waals surface area contributed by atoms with Gasteiger partial charge in [-0.2, -0.15) is 0 Å². The van der Waals surface area contributed by atoms with Gasteiger partial charge in [-0.1, -0.05) is 11.5 Å². The third kappa shape index (κ3) is 1.55. The molecule has 0 aliphatic rings. The Labute approximate surface area is 71.2 Å². The van der Waals surface area contributed by atoms with Crippen molar-refractivity contribution in [2.75, 3.05) is 12.4 Å². The fourth-order valence-corrected chi connectivity index (χ4v) is 0.911. The van der Waals surface area contributed by atoms with Crippen molar-refractivity contribution in [1.82, 2.24) is 0 Å². The molecular weight excluding hydrogens is 155 g/mol. The standard InChI is InChI=1S/C7H7BN2O2/c1-9-6-3-2-5(8)4-7(6)10(11)12/h2-4,9H,1H3. The number of benzene rings is 1. The second kappa shape index (κ2) is 3.25. The van der Waals surface area contributed by atoms with Gasteiger partial charge in [0, 0.05) is 13.1 Å². The van der Waals surface area contributed by atoms with E-state index in [1.165, 1.54) is 6.07 Å². The fourth-order valence-electron chi connectivity index (χ4n) is 0.911. The highest BCUT2D eigenvalue weighted by Gasteiger charge is 2.10. The zero-order valence-electron chi connectivity index (χ0n) is 6.57. The molecule has 0 amide bonds. The Balaban J connectivity index is 3.21. The highest BCUT2D eigenvalue weighted by atomic mass is 16.6. The first-order valence-electron chi connectivity index (χ1n) is 3.37. The van der Waals surface area contributed by atoms with Gasteiger partial charge < -0.3 is 5.32 Å². The van der Waals surface area contributed by atoms with Crippen LogP contribution in [0.15, 0.2) is 18.2 Å². The largest absolute Gasteiger partial charge is 0.383 e. The van der Waals surface area contributed by atoms with Crippen molar-refractivity contribution >= 4 is 24.7 Å². The predicted molar refractivity (Wildman–Crippen MR) is 48.0 cm³/mol. The van der Waals surface area contributed by atoms with Crippen LogP contribution in [0.25, 0.3) is 0 Å². The van der Waals surface area contributed by atoms with Crippen LogP contribution in [0.4, 0.5) is 11.4 Å². The Morgan fingerprint density at radius 3 is 2.75 bits per heavy atom. The molecule has 1 N–H and O–H groups in total. The lowest BCUT2D eigenvalue weighted by molar-refractivity contribution is -0.383. The number of nitro benzene ring substituents is 1. The lowest BCUT2D eigenvalue weighted by atomic mass is 9.95. The maximum Gasteiger partial charge on any atom is 0.291 e. The summed E-state index contributed by atoms with van der Waals surface area (Å²) in [5.74, 6) is 0. The first kappa shape index (κ1) is 8.58. The number of hydrogen-bond donors (Lipinski definition) is 1. The molecule has 12 heavy (non-hydrogen) atoms. The zero-order valence-corrected chi connectivity index (χ0v) is 6.57. The molecule has 1 aromatic carbocycles. The Bertz CT molecular complexity index is 314. The molecular formula is C7H7BN2O2. The van der Waals surface area contributed by atoms with Gasteiger partial charge in [0.2, 0.25) is 0 Å². The molecule has 2 radical (unpaired) electrons. The maximum atomic E-state index is 10.4. The van der Waals surface area contributed by atoms with E-state index in [0.717, 1.165) is 0 Å². The Morgan fingerprint density at radius 2 is 2.25 bits per heavy atom. The molecule has 0 atom stereocenters. The molecule has 1 aromatic rings. The minimum Gasteiger partial charge on any atom is -0.383 e. The van der Waals surface area contributed by atoms with E-state index in [-0.39, 0.29) is 5.69 Å². The van der Waals surface area contributed by atoms with Crippen molar-refractivity contribution < 1.29 is 4.92 Å². The summed E-state index contributed by atoms with van der Waals surface area (Å²) < 4.78 is 0. The van der Waals surface area contributed by atoms with Crippen molar-refractivity contribution in [3.05, 3.63) is 28.3 Å². The maximum absolute atomic E-state index is 10.4. The van der Waals surface area contributed by atoms with Crippen LogP contribution in [0.2, 0.25) is 0 Å². The molecule has 0 unspecified atom stereocenters. The molecule has 0 bridgehead atoms. The van der Waals surface area contributed by atoms with Crippen LogP contribution >= 0.6 is 0 Å². The SMILES string of the molecule is [B]c1ccc(NC)c([N+](=O)[O-])c1. The summed E-state index contributed by atoms with van der Waals surface area (Å²) in [5.41, 5.74) is 0.854. The van der Waals surface area contributed by atoms with Crippen LogP contribution in [0.1, 0.15) is 0 Å². The first-order chi connectivity index (χ1) is 5.65. The average Bonchev–Trinajstić information content (AvgIpc) is 2.04. The van der Waals surface area contributed by atoms with Gasteiger partial charge in [-0.3, -0.25) is 10.1 Å². The minimum absolute atomic E-state index is 0.00231. The Kier molecular flexibility index (Phi) is 2.33. The lowest BCUT2D eigenvalue weighted by Gasteiger charge is -2.01. The number of nitrogens with one attached hydrogen (secondary N) is 1. The molecule has 0 saturated carbocycles. The van der Waals surface area contributed by atoms with Crippen LogP contribution in [-0.2, 0) is 0 Å². The molecule has 4 nitrogen and oxygen atoms in total. The van der Waals surface area contributed by atoms with Crippen molar-refractivity contribution in [3.63, 3.8) is 0 Å². The summed E-state index contributed by atoms with van der Waals surface area (Å²) in [5, 5.41) is 13.1. The van der Waals surface area contributed by atoms with E-state index in [1.54, 1.807) is 19.2 Å². The molecule has 0 heterocycles. The summed E-state index contributed by atoms with van der Waals surface area (Å²) in [6, 6.07) is 4.51. The predicted octanol–water partition coefficient (Wildman–Crippen LogP) is 0.430. The second-order valence-corrected chi connectivity index (χ2v) is 2.28. The summed E-state index contributed by atoms with van der Waals surface area (Å²) >= 11 is 0. The smallest absolute Gasteiger partial charge is 0.291 e. The molecule has 5 heteroatoms. The quantitative estimate of drug-likeness (QED) is 0.389. The van der Waals surface area contributed by atoms with Gasteiger partial charge >= 0.3 is 0 Å². The zero-order chi connectivity index (χ0) is 9.14. The van der Waals surface area contributed by atoms with Crippen LogP contribution in [0.5, 0.6) is 0 Å². The van der Waals surface area contributed by atoms with Crippen LogP contribution < -0.4 is 10.8 Å². The summed E-state index contributed by atoms with van der Waals surface area (Å²) in [6.45, 7) is 0. The highest BCUT2D eigenvalue weighted by molar-refractivity contribution is 6.32. The van der Waals surface area contributed by atoms with Gasteiger partial charge in [0.25, 0.3) is 5.69 Å². The number of hydrogen-bond acceptors (Lipinski definition) is 3. The second-order valence-electron chi connectivity index (χ2n) is 2.28. The van der Waals surface area contributed by atoms with Gasteiger partial charge in [-0.25, -0.2) is 0 Å². The van der Waals surface area contributed by atoms with E-state index < -0.39 is 4.92 Å². The number of anilines is 1. The minimum atomic E-state index is -0.470. The Hall–Kier alpha value is -1.52. The summed E-state index contributed by atoms with van der Waals surface area (Å²) in [4.78, 5) is 9.97.